The molecular formula is C11H18Cl2N2O. The fourth-order valence-electron chi connectivity index (χ4n) is 1.43. The van der Waals surface area contributed by atoms with Crippen molar-refractivity contribution in [1.29, 1.82) is 0 Å². The lowest BCUT2D eigenvalue weighted by Gasteiger charge is -2.23. The van der Waals surface area contributed by atoms with Gasteiger partial charge in [-0.3, -0.25) is 0 Å². The van der Waals surface area contributed by atoms with Gasteiger partial charge >= 0.3 is 0 Å². The molecule has 0 aliphatic carbocycles. The maximum absolute atomic E-state index is 9.84. The first-order valence-electron chi connectivity index (χ1n) is 4.92. The summed E-state index contributed by atoms with van der Waals surface area (Å²) >= 11 is 5.85. The molecule has 0 spiro atoms. The van der Waals surface area contributed by atoms with Gasteiger partial charge < -0.3 is 16.6 Å². The molecule has 0 amide bonds. The Labute approximate surface area is 107 Å². The van der Waals surface area contributed by atoms with E-state index in [0.717, 1.165) is 0 Å². The molecule has 1 aromatic carbocycles. The van der Waals surface area contributed by atoms with Crippen LogP contribution >= 0.6 is 24.0 Å². The fraction of sp³-hybridized carbons (Fsp3) is 0.455. The van der Waals surface area contributed by atoms with Crippen LogP contribution in [-0.2, 0) is 0 Å². The molecule has 0 aromatic heterocycles. The number of hydrogen-bond donors (Lipinski definition) is 3. The Morgan fingerprint density at radius 2 is 1.88 bits per heavy atom. The van der Waals surface area contributed by atoms with E-state index in [0.29, 0.717) is 16.3 Å². The van der Waals surface area contributed by atoms with Crippen LogP contribution in [0, 0.1) is 5.92 Å². The summed E-state index contributed by atoms with van der Waals surface area (Å²) in [7, 11) is 0. The molecule has 92 valence electrons. The highest BCUT2D eigenvalue weighted by atomic mass is 35.5. The van der Waals surface area contributed by atoms with Crippen molar-refractivity contribution in [3.63, 3.8) is 0 Å². The van der Waals surface area contributed by atoms with Crippen molar-refractivity contribution < 1.29 is 5.11 Å². The van der Waals surface area contributed by atoms with Gasteiger partial charge in [0.2, 0.25) is 0 Å². The second-order valence-corrected chi connectivity index (χ2v) is 4.47. The number of aliphatic hydroxyl groups is 1. The van der Waals surface area contributed by atoms with Gasteiger partial charge in [0.05, 0.1) is 12.1 Å². The Morgan fingerprint density at radius 3 is 2.38 bits per heavy atom. The van der Waals surface area contributed by atoms with Gasteiger partial charge in [-0.2, -0.15) is 0 Å². The Morgan fingerprint density at radius 1 is 1.31 bits per heavy atom. The zero-order valence-electron chi connectivity index (χ0n) is 9.35. The summed E-state index contributed by atoms with van der Waals surface area (Å²) in [6.07, 6.45) is -0.620. The van der Waals surface area contributed by atoms with Crippen LogP contribution in [0.3, 0.4) is 0 Å². The van der Waals surface area contributed by atoms with Gasteiger partial charge in [-0.15, -0.1) is 12.4 Å². The highest BCUT2D eigenvalue weighted by Gasteiger charge is 2.21. The number of benzene rings is 1. The first-order chi connectivity index (χ1) is 6.93. The predicted octanol–water partition coefficient (Wildman–Crippen LogP) is 2.36. The standard InChI is InChI=1S/C11H17ClN2O.ClH/c1-6(2)11(15)10(14)8-5-7(12)3-4-9(8)13;/h3-6,10-11,15H,13-14H2,1-2H3;1H/t10-,11+;/m1./s1. The molecule has 0 saturated carbocycles. The van der Waals surface area contributed by atoms with E-state index in [1.165, 1.54) is 0 Å². The molecule has 0 saturated heterocycles. The zero-order chi connectivity index (χ0) is 11.6. The van der Waals surface area contributed by atoms with E-state index in [1.54, 1.807) is 18.2 Å². The highest BCUT2D eigenvalue weighted by molar-refractivity contribution is 6.30. The summed E-state index contributed by atoms with van der Waals surface area (Å²) in [6, 6.07) is 4.61. The minimum Gasteiger partial charge on any atom is -0.398 e. The lowest BCUT2D eigenvalue weighted by Crippen LogP contribution is -2.31. The molecule has 3 nitrogen and oxygen atoms in total. The number of halogens is 2. The number of nitrogen functional groups attached to an aromatic ring is 1. The van der Waals surface area contributed by atoms with Crippen molar-refractivity contribution in [3.05, 3.63) is 28.8 Å². The van der Waals surface area contributed by atoms with Gasteiger partial charge in [-0.1, -0.05) is 25.4 Å². The predicted molar refractivity (Wildman–Crippen MR) is 70.9 cm³/mol. The van der Waals surface area contributed by atoms with Crippen molar-refractivity contribution in [3.8, 4) is 0 Å². The zero-order valence-corrected chi connectivity index (χ0v) is 10.9. The van der Waals surface area contributed by atoms with Crippen LogP contribution in [0.25, 0.3) is 0 Å². The van der Waals surface area contributed by atoms with Gasteiger partial charge in [-0.05, 0) is 29.7 Å². The molecular weight excluding hydrogens is 247 g/mol. The Kier molecular flexibility index (Phi) is 6.11. The largest absolute Gasteiger partial charge is 0.398 e. The molecule has 0 fully saturated rings. The molecule has 0 heterocycles. The first kappa shape index (κ1) is 15.5. The van der Waals surface area contributed by atoms with Crippen molar-refractivity contribution in [2.75, 3.05) is 5.73 Å². The summed E-state index contributed by atoms with van der Waals surface area (Å²) in [5.74, 6) is 0.0818. The highest BCUT2D eigenvalue weighted by Crippen LogP contribution is 2.27. The van der Waals surface area contributed by atoms with E-state index in [4.69, 9.17) is 23.1 Å². The quantitative estimate of drug-likeness (QED) is 0.734. The molecule has 0 bridgehead atoms. The van der Waals surface area contributed by atoms with E-state index in [1.807, 2.05) is 13.8 Å². The molecule has 0 unspecified atom stereocenters. The minimum absolute atomic E-state index is 0. The second kappa shape index (κ2) is 6.30. The number of anilines is 1. The lowest BCUT2D eigenvalue weighted by molar-refractivity contribution is 0.0982. The van der Waals surface area contributed by atoms with Crippen molar-refractivity contribution in [1.82, 2.24) is 0 Å². The van der Waals surface area contributed by atoms with Crippen LogP contribution in [-0.4, -0.2) is 11.2 Å². The lowest BCUT2D eigenvalue weighted by atomic mass is 9.93. The Hall–Kier alpha value is -0.480. The normalized spacial score (nSPS) is 14.4. The van der Waals surface area contributed by atoms with Crippen LogP contribution in [0.15, 0.2) is 18.2 Å². The topological polar surface area (TPSA) is 72.3 Å². The van der Waals surface area contributed by atoms with Crippen LogP contribution in [0.4, 0.5) is 5.69 Å². The number of aliphatic hydroxyl groups excluding tert-OH is 1. The van der Waals surface area contributed by atoms with Gasteiger partial charge in [0.1, 0.15) is 0 Å². The van der Waals surface area contributed by atoms with Crippen molar-refractivity contribution in [2.45, 2.75) is 26.0 Å². The average molecular weight is 265 g/mol. The molecule has 2 atom stereocenters. The molecule has 1 rings (SSSR count). The molecule has 0 aliphatic rings. The Balaban J connectivity index is 0.00000225. The average Bonchev–Trinajstić information content (AvgIpc) is 2.19. The number of rotatable bonds is 3. The van der Waals surface area contributed by atoms with Gasteiger partial charge in [0, 0.05) is 10.7 Å². The molecule has 5 N–H and O–H groups in total. The molecule has 0 aliphatic heterocycles. The Bertz CT molecular complexity index is 345. The van der Waals surface area contributed by atoms with Crippen LogP contribution in [0.1, 0.15) is 25.5 Å². The van der Waals surface area contributed by atoms with Gasteiger partial charge in [0.25, 0.3) is 0 Å². The molecule has 16 heavy (non-hydrogen) atoms. The third-order valence-corrected chi connectivity index (χ3v) is 2.69. The van der Waals surface area contributed by atoms with Crippen LogP contribution < -0.4 is 11.5 Å². The summed E-state index contributed by atoms with van der Waals surface area (Å²) in [5, 5.41) is 10.4. The minimum atomic E-state index is -0.620. The summed E-state index contributed by atoms with van der Waals surface area (Å²) in [6.45, 7) is 3.82. The maximum atomic E-state index is 9.84. The second-order valence-electron chi connectivity index (χ2n) is 4.03. The van der Waals surface area contributed by atoms with Crippen LogP contribution in [0.2, 0.25) is 5.02 Å². The summed E-state index contributed by atoms with van der Waals surface area (Å²) < 4.78 is 0. The van der Waals surface area contributed by atoms with E-state index >= 15 is 0 Å². The summed E-state index contributed by atoms with van der Waals surface area (Å²) in [4.78, 5) is 0. The first-order valence-corrected chi connectivity index (χ1v) is 5.30. The third-order valence-electron chi connectivity index (χ3n) is 2.46. The van der Waals surface area contributed by atoms with E-state index in [-0.39, 0.29) is 18.3 Å². The van der Waals surface area contributed by atoms with E-state index in [9.17, 15) is 5.11 Å². The SMILES string of the molecule is CC(C)[C@H](O)[C@H](N)c1cc(Cl)ccc1N.Cl. The van der Waals surface area contributed by atoms with Gasteiger partial charge in [0.15, 0.2) is 0 Å². The van der Waals surface area contributed by atoms with Crippen molar-refractivity contribution >= 4 is 29.7 Å². The maximum Gasteiger partial charge on any atom is 0.0756 e. The summed E-state index contributed by atoms with van der Waals surface area (Å²) in [5.41, 5.74) is 13.0. The van der Waals surface area contributed by atoms with Crippen molar-refractivity contribution in [2.24, 2.45) is 11.7 Å². The van der Waals surface area contributed by atoms with E-state index < -0.39 is 12.1 Å². The monoisotopic (exact) mass is 264 g/mol. The van der Waals surface area contributed by atoms with Gasteiger partial charge in [-0.25, -0.2) is 0 Å². The molecule has 5 heteroatoms. The molecule has 1 aromatic rings. The van der Waals surface area contributed by atoms with Crippen LogP contribution in [0.5, 0.6) is 0 Å². The smallest absolute Gasteiger partial charge is 0.0756 e. The fourth-order valence-corrected chi connectivity index (χ4v) is 1.61. The van der Waals surface area contributed by atoms with E-state index in [2.05, 4.69) is 0 Å². The number of hydrogen-bond acceptors (Lipinski definition) is 3. The number of nitrogens with two attached hydrogens (primary N) is 2. The third kappa shape index (κ3) is 3.52. The molecule has 0 radical (unpaired) electrons.